The number of carbonyl (C=O) groups is 1. The molecule has 18 heavy (non-hydrogen) atoms. The first-order valence-electron chi connectivity index (χ1n) is 6.28. The first kappa shape index (κ1) is 12.3. The SMILES string of the molecule is Cc1ccc2c(c1)CCCN2C(=O)C1CC1(Cl)Cl. The topological polar surface area (TPSA) is 20.3 Å². The molecule has 0 spiro atoms. The number of hydrogen-bond acceptors (Lipinski definition) is 1. The van der Waals surface area contributed by atoms with Gasteiger partial charge in [0.25, 0.3) is 0 Å². The highest BCUT2D eigenvalue weighted by molar-refractivity contribution is 6.52. The van der Waals surface area contributed by atoms with Gasteiger partial charge in [0, 0.05) is 12.2 Å². The number of carbonyl (C=O) groups excluding carboxylic acids is 1. The quantitative estimate of drug-likeness (QED) is 0.723. The first-order chi connectivity index (χ1) is 8.49. The second kappa shape index (κ2) is 4.14. The molecule has 2 aliphatic rings. The molecule has 1 fully saturated rings. The van der Waals surface area contributed by atoms with Crippen LogP contribution in [-0.2, 0) is 11.2 Å². The van der Waals surface area contributed by atoms with Crippen molar-refractivity contribution in [2.24, 2.45) is 5.92 Å². The average Bonchev–Trinajstić information content (AvgIpc) is 2.96. The van der Waals surface area contributed by atoms with Gasteiger partial charge in [0.1, 0.15) is 4.33 Å². The van der Waals surface area contributed by atoms with Gasteiger partial charge in [-0.3, -0.25) is 4.79 Å². The van der Waals surface area contributed by atoms with Crippen LogP contribution in [0.2, 0.25) is 0 Å². The third-order valence-corrected chi connectivity index (χ3v) is 4.58. The lowest BCUT2D eigenvalue weighted by molar-refractivity contribution is -0.119. The minimum atomic E-state index is -0.834. The summed E-state index contributed by atoms with van der Waals surface area (Å²) in [6.45, 7) is 2.85. The Morgan fingerprint density at radius 3 is 2.83 bits per heavy atom. The van der Waals surface area contributed by atoms with Gasteiger partial charge < -0.3 is 4.90 Å². The molecule has 1 unspecified atom stereocenters. The second-order valence-corrected chi connectivity index (χ2v) is 6.79. The fraction of sp³-hybridized carbons (Fsp3) is 0.500. The van der Waals surface area contributed by atoms with E-state index in [4.69, 9.17) is 23.2 Å². The molecule has 0 radical (unpaired) electrons. The molecule has 3 rings (SSSR count). The Bertz CT molecular complexity index is 513. The van der Waals surface area contributed by atoms with Crippen LogP contribution in [0.5, 0.6) is 0 Å². The number of rotatable bonds is 1. The molecule has 2 nitrogen and oxygen atoms in total. The third kappa shape index (κ3) is 2.02. The van der Waals surface area contributed by atoms with Crippen molar-refractivity contribution in [3.63, 3.8) is 0 Å². The number of anilines is 1. The number of amides is 1. The molecule has 1 atom stereocenters. The molecule has 0 N–H and O–H groups in total. The molecule has 0 bridgehead atoms. The highest BCUT2D eigenvalue weighted by Gasteiger charge is 2.57. The van der Waals surface area contributed by atoms with Crippen LogP contribution in [0.15, 0.2) is 18.2 Å². The Morgan fingerprint density at radius 2 is 2.17 bits per heavy atom. The molecule has 4 heteroatoms. The molecule has 1 aromatic rings. The van der Waals surface area contributed by atoms with Crippen molar-refractivity contribution >= 4 is 34.8 Å². The third-order valence-electron chi connectivity index (χ3n) is 3.74. The normalized spacial score (nSPS) is 24.6. The van der Waals surface area contributed by atoms with Gasteiger partial charge in [-0.2, -0.15) is 0 Å². The molecular weight excluding hydrogens is 269 g/mol. The summed E-state index contributed by atoms with van der Waals surface area (Å²) in [5.41, 5.74) is 3.52. The number of fused-ring (bicyclic) bond motifs is 1. The minimum absolute atomic E-state index is 0.0739. The standard InChI is InChI=1S/C14H15Cl2NO/c1-9-4-5-12-10(7-9)3-2-6-17(12)13(18)11-8-14(11,15)16/h4-5,7,11H,2-3,6,8H2,1H3. The van der Waals surface area contributed by atoms with Crippen LogP contribution in [0.4, 0.5) is 5.69 Å². The molecule has 1 amide bonds. The average molecular weight is 284 g/mol. The van der Waals surface area contributed by atoms with E-state index in [0.717, 1.165) is 25.1 Å². The highest BCUT2D eigenvalue weighted by atomic mass is 35.5. The second-order valence-electron chi connectivity index (χ2n) is 5.24. The van der Waals surface area contributed by atoms with Gasteiger partial charge in [-0.15, -0.1) is 23.2 Å². The van der Waals surface area contributed by atoms with Crippen LogP contribution in [0.1, 0.15) is 24.0 Å². The molecule has 96 valence electrons. The van der Waals surface area contributed by atoms with E-state index in [9.17, 15) is 4.79 Å². The Hall–Kier alpha value is -0.730. The Labute approximate surface area is 117 Å². The van der Waals surface area contributed by atoms with Gasteiger partial charge in [0.15, 0.2) is 0 Å². The van der Waals surface area contributed by atoms with Crippen molar-refractivity contribution in [1.29, 1.82) is 0 Å². The Balaban J connectivity index is 1.90. The molecule has 1 saturated carbocycles. The summed E-state index contributed by atoms with van der Waals surface area (Å²) < 4.78 is -0.834. The van der Waals surface area contributed by atoms with Gasteiger partial charge in [0.2, 0.25) is 5.91 Å². The maximum atomic E-state index is 12.4. The van der Waals surface area contributed by atoms with E-state index in [1.807, 2.05) is 17.0 Å². The zero-order chi connectivity index (χ0) is 12.9. The van der Waals surface area contributed by atoms with E-state index >= 15 is 0 Å². The molecule has 0 aromatic heterocycles. The van der Waals surface area contributed by atoms with Crippen LogP contribution >= 0.6 is 23.2 Å². The van der Waals surface area contributed by atoms with E-state index in [1.54, 1.807) is 0 Å². The predicted octanol–water partition coefficient (Wildman–Crippen LogP) is 3.47. The molecule has 1 aromatic carbocycles. The first-order valence-corrected chi connectivity index (χ1v) is 7.03. The Kier molecular flexibility index (Phi) is 2.83. The van der Waals surface area contributed by atoms with E-state index in [0.29, 0.717) is 6.42 Å². The smallest absolute Gasteiger partial charge is 0.233 e. The van der Waals surface area contributed by atoms with Crippen LogP contribution in [0, 0.1) is 12.8 Å². The lowest BCUT2D eigenvalue weighted by Crippen LogP contribution is -2.37. The summed E-state index contributed by atoms with van der Waals surface area (Å²) in [5.74, 6) is -0.155. The molecule has 0 saturated heterocycles. The van der Waals surface area contributed by atoms with Crippen molar-refractivity contribution in [1.82, 2.24) is 0 Å². The van der Waals surface area contributed by atoms with E-state index in [-0.39, 0.29) is 11.8 Å². The number of alkyl halides is 2. The molecule has 1 aliphatic carbocycles. The number of aryl methyl sites for hydroxylation is 2. The van der Waals surface area contributed by atoms with Crippen molar-refractivity contribution in [3.05, 3.63) is 29.3 Å². The molecule has 1 heterocycles. The van der Waals surface area contributed by atoms with Gasteiger partial charge >= 0.3 is 0 Å². The molecule has 1 aliphatic heterocycles. The maximum Gasteiger partial charge on any atom is 0.233 e. The monoisotopic (exact) mass is 283 g/mol. The zero-order valence-corrected chi connectivity index (χ0v) is 11.8. The number of halogens is 2. The number of hydrogen-bond donors (Lipinski definition) is 0. The van der Waals surface area contributed by atoms with Crippen LogP contribution < -0.4 is 4.90 Å². The van der Waals surface area contributed by atoms with E-state index < -0.39 is 4.33 Å². The van der Waals surface area contributed by atoms with Crippen molar-refractivity contribution in [2.75, 3.05) is 11.4 Å². The maximum absolute atomic E-state index is 12.4. The summed E-state index contributed by atoms with van der Waals surface area (Å²) in [6.07, 6.45) is 2.62. The van der Waals surface area contributed by atoms with Crippen molar-refractivity contribution in [2.45, 2.75) is 30.5 Å². The number of benzene rings is 1. The van der Waals surface area contributed by atoms with Gasteiger partial charge in [0.05, 0.1) is 5.92 Å². The lowest BCUT2D eigenvalue weighted by atomic mass is 9.99. The fourth-order valence-electron chi connectivity index (χ4n) is 2.62. The summed E-state index contributed by atoms with van der Waals surface area (Å²) in [7, 11) is 0. The van der Waals surface area contributed by atoms with Crippen molar-refractivity contribution in [3.8, 4) is 0 Å². The Morgan fingerprint density at radius 1 is 1.44 bits per heavy atom. The summed E-state index contributed by atoms with van der Waals surface area (Å²) in [6, 6.07) is 6.25. The van der Waals surface area contributed by atoms with Gasteiger partial charge in [-0.05, 0) is 37.8 Å². The summed E-state index contributed by atoms with van der Waals surface area (Å²) >= 11 is 12.0. The summed E-state index contributed by atoms with van der Waals surface area (Å²) in [5, 5.41) is 0. The molecular formula is C14H15Cl2NO. The lowest BCUT2D eigenvalue weighted by Gasteiger charge is -2.30. The fourth-order valence-corrected chi connectivity index (χ4v) is 3.12. The largest absolute Gasteiger partial charge is 0.312 e. The van der Waals surface area contributed by atoms with Crippen LogP contribution in [0.25, 0.3) is 0 Å². The summed E-state index contributed by atoms with van der Waals surface area (Å²) in [4.78, 5) is 14.2. The van der Waals surface area contributed by atoms with E-state index in [2.05, 4.69) is 13.0 Å². The van der Waals surface area contributed by atoms with Crippen LogP contribution in [0.3, 0.4) is 0 Å². The predicted molar refractivity (Wildman–Crippen MR) is 74.4 cm³/mol. The van der Waals surface area contributed by atoms with Gasteiger partial charge in [-0.1, -0.05) is 17.7 Å². The van der Waals surface area contributed by atoms with E-state index in [1.165, 1.54) is 11.1 Å². The minimum Gasteiger partial charge on any atom is -0.312 e. The van der Waals surface area contributed by atoms with Crippen LogP contribution in [-0.4, -0.2) is 16.8 Å². The number of nitrogens with zero attached hydrogens (tertiary/aromatic N) is 1. The highest BCUT2D eigenvalue weighted by Crippen LogP contribution is 2.54. The zero-order valence-electron chi connectivity index (χ0n) is 10.2. The van der Waals surface area contributed by atoms with Gasteiger partial charge in [-0.25, -0.2) is 0 Å². The van der Waals surface area contributed by atoms with Crippen molar-refractivity contribution < 1.29 is 4.79 Å².